The molecule has 0 aliphatic heterocycles. The molecule has 1 aromatic heterocycles. The minimum absolute atomic E-state index is 0.118. The minimum Gasteiger partial charge on any atom is -0.469 e. The SMILES string of the molecule is CCCCN(CC(C)C(=O)OC)C(=O)c1cncc(Br)c1. The Balaban J connectivity index is 2.85. The number of aromatic nitrogens is 1. The van der Waals surface area contributed by atoms with Crippen molar-refractivity contribution in [3.05, 3.63) is 28.5 Å². The molecule has 0 N–H and O–H groups in total. The van der Waals surface area contributed by atoms with E-state index in [4.69, 9.17) is 4.74 Å². The van der Waals surface area contributed by atoms with Gasteiger partial charge in [-0.25, -0.2) is 0 Å². The third-order valence-electron chi connectivity index (χ3n) is 3.12. The highest BCUT2D eigenvalue weighted by molar-refractivity contribution is 9.10. The number of ether oxygens (including phenoxy) is 1. The molecule has 21 heavy (non-hydrogen) atoms. The molecule has 1 aromatic rings. The van der Waals surface area contributed by atoms with Crippen LogP contribution in [0.2, 0.25) is 0 Å². The number of rotatable bonds is 7. The third kappa shape index (κ3) is 5.46. The number of methoxy groups -OCH3 is 1. The van der Waals surface area contributed by atoms with E-state index in [2.05, 4.69) is 27.8 Å². The highest BCUT2D eigenvalue weighted by Crippen LogP contribution is 2.14. The largest absolute Gasteiger partial charge is 0.469 e. The Labute approximate surface area is 133 Å². The van der Waals surface area contributed by atoms with Gasteiger partial charge in [0.05, 0.1) is 18.6 Å². The zero-order valence-corrected chi connectivity index (χ0v) is 14.2. The summed E-state index contributed by atoms with van der Waals surface area (Å²) in [6, 6.07) is 1.73. The zero-order valence-electron chi connectivity index (χ0n) is 12.6. The van der Waals surface area contributed by atoms with Crippen molar-refractivity contribution in [2.75, 3.05) is 20.2 Å². The van der Waals surface area contributed by atoms with E-state index < -0.39 is 0 Å². The molecular weight excluding hydrogens is 336 g/mol. The van der Waals surface area contributed by atoms with E-state index in [1.807, 2.05) is 0 Å². The smallest absolute Gasteiger partial charge is 0.310 e. The molecule has 116 valence electrons. The number of esters is 1. The Kier molecular flexibility index (Phi) is 7.36. The van der Waals surface area contributed by atoms with Crippen molar-refractivity contribution in [2.24, 2.45) is 5.92 Å². The summed E-state index contributed by atoms with van der Waals surface area (Å²) in [5.41, 5.74) is 0.512. The average Bonchev–Trinajstić information content (AvgIpc) is 2.49. The molecule has 0 aliphatic carbocycles. The van der Waals surface area contributed by atoms with Crippen LogP contribution in [0.3, 0.4) is 0 Å². The molecule has 0 aliphatic rings. The van der Waals surface area contributed by atoms with Gasteiger partial charge in [-0.05, 0) is 28.4 Å². The molecule has 0 spiro atoms. The van der Waals surface area contributed by atoms with Crippen molar-refractivity contribution >= 4 is 27.8 Å². The number of unbranched alkanes of at least 4 members (excludes halogenated alkanes) is 1. The van der Waals surface area contributed by atoms with Crippen LogP contribution in [0, 0.1) is 5.92 Å². The van der Waals surface area contributed by atoms with Gasteiger partial charge >= 0.3 is 5.97 Å². The van der Waals surface area contributed by atoms with Gasteiger partial charge in [-0.15, -0.1) is 0 Å². The number of pyridine rings is 1. The number of carbonyl (C=O) groups excluding carboxylic acids is 2. The first-order chi connectivity index (χ1) is 9.99. The van der Waals surface area contributed by atoms with Gasteiger partial charge < -0.3 is 9.64 Å². The second kappa shape index (κ2) is 8.77. The number of carbonyl (C=O) groups is 2. The van der Waals surface area contributed by atoms with Gasteiger partial charge in [0, 0.05) is 30.0 Å². The van der Waals surface area contributed by atoms with Crippen molar-refractivity contribution in [3.63, 3.8) is 0 Å². The van der Waals surface area contributed by atoms with Crippen molar-refractivity contribution in [2.45, 2.75) is 26.7 Å². The first-order valence-corrected chi connectivity index (χ1v) is 7.76. The predicted octanol–water partition coefficient (Wildman–Crippen LogP) is 2.90. The normalized spacial score (nSPS) is 11.8. The molecule has 1 heterocycles. The molecule has 6 heteroatoms. The first kappa shape index (κ1) is 17.6. The van der Waals surface area contributed by atoms with Gasteiger partial charge in [-0.2, -0.15) is 0 Å². The molecule has 0 aromatic carbocycles. The van der Waals surface area contributed by atoms with Crippen LogP contribution in [0.15, 0.2) is 22.9 Å². The maximum Gasteiger partial charge on any atom is 0.310 e. The molecule has 0 saturated heterocycles. The summed E-state index contributed by atoms with van der Waals surface area (Å²) in [6.45, 7) is 4.78. The lowest BCUT2D eigenvalue weighted by molar-refractivity contribution is -0.145. The van der Waals surface area contributed by atoms with Gasteiger partial charge in [0.2, 0.25) is 0 Å². The molecule has 1 rings (SSSR count). The van der Waals surface area contributed by atoms with Gasteiger partial charge in [-0.3, -0.25) is 14.6 Å². The highest BCUT2D eigenvalue weighted by atomic mass is 79.9. The number of hydrogen-bond acceptors (Lipinski definition) is 4. The third-order valence-corrected chi connectivity index (χ3v) is 3.55. The highest BCUT2D eigenvalue weighted by Gasteiger charge is 2.22. The average molecular weight is 357 g/mol. The molecule has 1 amide bonds. The van der Waals surface area contributed by atoms with Gasteiger partial charge in [0.25, 0.3) is 5.91 Å². The van der Waals surface area contributed by atoms with Crippen LogP contribution in [0.4, 0.5) is 0 Å². The molecule has 0 saturated carbocycles. The molecule has 0 bridgehead atoms. The summed E-state index contributed by atoms with van der Waals surface area (Å²) >= 11 is 3.31. The van der Waals surface area contributed by atoms with Crippen molar-refractivity contribution < 1.29 is 14.3 Å². The Morgan fingerprint density at radius 2 is 2.14 bits per heavy atom. The van der Waals surface area contributed by atoms with Crippen molar-refractivity contribution in [1.82, 2.24) is 9.88 Å². The van der Waals surface area contributed by atoms with E-state index in [9.17, 15) is 9.59 Å². The lowest BCUT2D eigenvalue weighted by Crippen LogP contribution is -2.38. The van der Waals surface area contributed by atoms with Gasteiger partial charge in [-0.1, -0.05) is 20.3 Å². The Hall–Kier alpha value is -1.43. The Morgan fingerprint density at radius 3 is 2.71 bits per heavy atom. The standard InChI is InChI=1S/C15H21BrN2O3/c1-4-5-6-18(10-11(2)15(20)21-3)14(19)12-7-13(16)9-17-8-12/h7-9,11H,4-6,10H2,1-3H3. The lowest BCUT2D eigenvalue weighted by Gasteiger charge is -2.25. The molecule has 1 unspecified atom stereocenters. The minimum atomic E-state index is -0.351. The number of nitrogens with zero attached hydrogens (tertiary/aromatic N) is 2. The van der Waals surface area contributed by atoms with Crippen LogP contribution in [0.1, 0.15) is 37.0 Å². The van der Waals surface area contributed by atoms with E-state index in [1.165, 1.54) is 13.3 Å². The van der Waals surface area contributed by atoms with Crippen molar-refractivity contribution in [1.29, 1.82) is 0 Å². The summed E-state index contributed by atoms with van der Waals surface area (Å²) in [5, 5.41) is 0. The fourth-order valence-electron chi connectivity index (χ4n) is 1.94. The maximum absolute atomic E-state index is 12.6. The summed E-state index contributed by atoms with van der Waals surface area (Å²) in [4.78, 5) is 29.8. The van der Waals surface area contributed by atoms with Crippen LogP contribution in [0.25, 0.3) is 0 Å². The molecule has 0 radical (unpaired) electrons. The summed E-state index contributed by atoms with van der Waals surface area (Å²) in [5.74, 6) is -0.777. The first-order valence-electron chi connectivity index (χ1n) is 6.97. The van der Waals surface area contributed by atoms with E-state index in [0.29, 0.717) is 18.7 Å². The van der Waals surface area contributed by atoms with Gasteiger partial charge in [0.1, 0.15) is 0 Å². The number of hydrogen-bond donors (Lipinski definition) is 0. The number of amides is 1. The summed E-state index contributed by atoms with van der Waals surface area (Å²) < 4.78 is 5.48. The topological polar surface area (TPSA) is 59.5 Å². The lowest BCUT2D eigenvalue weighted by atomic mass is 10.1. The van der Waals surface area contributed by atoms with Crippen LogP contribution in [-0.4, -0.2) is 42.0 Å². The van der Waals surface area contributed by atoms with Crippen LogP contribution in [0.5, 0.6) is 0 Å². The zero-order chi connectivity index (χ0) is 15.8. The Bertz CT molecular complexity index is 494. The molecule has 0 fully saturated rings. The van der Waals surface area contributed by atoms with Crippen molar-refractivity contribution in [3.8, 4) is 0 Å². The molecule has 1 atom stereocenters. The predicted molar refractivity (Wildman–Crippen MR) is 83.9 cm³/mol. The number of halogens is 1. The van der Waals surface area contributed by atoms with Crippen LogP contribution < -0.4 is 0 Å². The molecule has 5 nitrogen and oxygen atoms in total. The molecular formula is C15H21BrN2O3. The monoisotopic (exact) mass is 356 g/mol. The second-order valence-corrected chi connectivity index (χ2v) is 5.84. The fourth-order valence-corrected chi connectivity index (χ4v) is 2.31. The van der Waals surface area contributed by atoms with E-state index >= 15 is 0 Å². The second-order valence-electron chi connectivity index (χ2n) is 4.92. The summed E-state index contributed by atoms with van der Waals surface area (Å²) in [6.07, 6.45) is 5.03. The fraction of sp³-hybridized carbons (Fsp3) is 0.533. The maximum atomic E-state index is 12.6. The quantitative estimate of drug-likeness (QED) is 0.704. The van der Waals surface area contributed by atoms with E-state index in [0.717, 1.165) is 17.3 Å². The van der Waals surface area contributed by atoms with Crippen LogP contribution >= 0.6 is 15.9 Å². The summed E-state index contributed by atoms with van der Waals surface area (Å²) in [7, 11) is 1.36. The van der Waals surface area contributed by atoms with E-state index in [-0.39, 0.29) is 17.8 Å². The van der Waals surface area contributed by atoms with Crippen LogP contribution in [-0.2, 0) is 9.53 Å². The van der Waals surface area contributed by atoms with E-state index in [1.54, 1.807) is 24.1 Å². The Morgan fingerprint density at radius 1 is 1.43 bits per heavy atom. The van der Waals surface area contributed by atoms with Gasteiger partial charge in [0.15, 0.2) is 0 Å².